The van der Waals surface area contributed by atoms with Crippen LogP contribution in [-0.4, -0.2) is 30.1 Å². The minimum Gasteiger partial charge on any atom is -0.359 e. The Hall–Kier alpha value is -3.81. The second-order valence-corrected chi connectivity index (χ2v) is 7.41. The van der Waals surface area contributed by atoms with E-state index in [1.165, 1.54) is 0 Å². The predicted molar refractivity (Wildman–Crippen MR) is 123 cm³/mol. The van der Waals surface area contributed by atoms with Gasteiger partial charge in [0.15, 0.2) is 5.82 Å². The first-order chi connectivity index (χ1) is 15.0. The van der Waals surface area contributed by atoms with Crippen LogP contribution in [-0.2, 0) is 11.2 Å². The van der Waals surface area contributed by atoms with E-state index in [1.54, 1.807) is 25.4 Å². The summed E-state index contributed by atoms with van der Waals surface area (Å²) in [6.45, 7) is 1.90. The Kier molecular flexibility index (Phi) is 5.88. The molecule has 1 unspecified atom stereocenters. The smallest absolute Gasteiger partial charge is 0.220 e. The van der Waals surface area contributed by atoms with Gasteiger partial charge in [0.05, 0.1) is 5.69 Å². The average Bonchev–Trinajstić information content (AvgIpc) is 3.16. The number of nitrogens with one attached hydrogen (secondary N) is 5. The summed E-state index contributed by atoms with van der Waals surface area (Å²) in [4.78, 5) is 19.2. The maximum Gasteiger partial charge on any atom is 0.220 e. The van der Waals surface area contributed by atoms with Crippen molar-refractivity contribution in [3.05, 3.63) is 71.8 Å². The number of amides is 1. The van der Waals surface area contributed by atoms with Gasteiger partial charge in [-0.1, -0.05) is 12.1 Å². The van der Waals surface area contributed by atoms with Gasteiger partial charge in [-0.25, -0.2) is 9.38 Å². The molecule has 5 N–H and O–H groups in total. The number of aromatic amines is 1. The zero-order valence-electron chi connectivity index (χ0n) is 17.4. The van der Waals surface area contributed by atoms with E-state index in [2.05, 4.69) is 31.2 Å². The Labute approximate surface area is 179 Å². The van der Waals surface area contributed by atoms with Crippen molar-refractivity contribution in [2.24, 2.45) is 4.99 Å². The topological polar surface area (TPSA) is 93.3 Å². The lowest BCUT2D eigenvalue weighted by Gasteiger charge is -2.20. The number of aliphatic imine (C=N–C) groups is 1. The Balaban J connectivity index is 1.45. The lowest BCUT2D eigenvalue weighted by Crippen LogP contribution is -2.33. The molecule has 7 nitrogen and oxygen atoms in total. The van der Waals surface area contributed by atoms with E-state index in [0.717, 1.165) is 22.5 Å². The molecule has 0 saturated carbocycles. The highest BCUT2D eigenvalue weighted by Crippen LogP contribution is 2.26. The van der Waals surface area contributed by atoms with Crippen LogP contribution < -0.4 is 21.3 Å². The normalized spacial score (nSPS) is 15.3. The number of fused-ring (bicyclic) bond motifs is 1. The third-order valence-corrected chi connectivity index (χ3v) is 5.05. The quantitative estimate of drug-likeness (QED) is 0.421. The van der Waals surface area contributed by atoms with Crippen molar-refractivity contribution in [2.45, 2.75) is 25.9 Å². The number of guanidine groups is 1. The molecule has 0 bridgehead atoms. The van der Waals surface area contributed by atoms with E-state index in [4.69, 9.17) is 0 Å². The molecule has 2 aromatic carbocycles. The summed E-state index contributed by atoms with van der Waals surface area (Å²) >= 11 is 0. The standard InChI is InChI=1S/C23H25FN6O/c1-14-12-17-18(27-14)7-8-19(22(17)24)29-20-10-11-26-23(30-20)28-16-5-3-4-15(13-16)6-9-21(31)25-2/h3-5,7-8,10-13,20,27,29H,6,9H2,1-2H3,(H,25,31)(H2,26,28,30). The summed E-state index contributed by atoms with van der Waals surface area (Å²) < 4.78 is 14.9. The molecular weight excluding hydrogens is 395 g/mol. The van der Waals surface area contributed by atoms with Gasteiger partial charge in [-0.3, -0.25) is 4.79 Å². The molecule has 1 aliphatic rings. The highest BCUT2D eigenvalue weighted by Gasteiger charge is 2.15. The zero-order valence-corrected chi connectivity index (χ0v) is 17.4. The summed E-state index contributed by atoms with van der Waals surface area (Å²) in [5.41, 5.74) is 3.97. The summed E-state index contributed by atoms with van der Waals surface area (Å²) in [6, 6.07) is 13.2. The van der Waals surface area contributed by atoms with Crippen molar-refractivity contribution >= 4 is 34.1 Å². The number of benzene rings is 2. The van der Waals surface area contributed by atoms with Crippen molar-refractivity contribution in [3.8, 4) is 0 Å². The van der Waals surface area contributed by atoms with Gasteiger partial charge in [0.2, 0.25) is 11.9 Å². The molecule has 3 aromatic rings. The van der Waals surface area contributed by atoms with Gasteiger partial charge < -0.3 is 26.3 Å². The maximum atomic E-state index is 14.9. The highest BCUT2D eigenvalue weighted by molar-refractivity contribution is 5.95. The summed E-state index contributed by atoms with van der Waals surface area (Å²) in [5.74, 6) is 0.251. The second kappa shape index (κ2) is 8.91. The molecule has 8 heteroatoms. The fourth-order valence-corrected chi connectivity index (χ4v) is 3.49. The number of rotatable bonds is 6. The Morgan fingerprint density at radius 2 is 2.10 bits per heavy atom. The van der Waals surface area contributed by atoms with E-state index >= 15 is 0 Å². The monoisotopic (exact) mass is 420 g/mol. The van der Waals surface area contributed by atoms with E-state index in [-0.39, 0.29) is 11.7 Å². The van der Waals surface area contributed by atoms with E-state index in [1.807, 2.05) is 43.3 Å². The summed E-state index contributed by atoms with van der Waals surface area (Å²) in [7, 11) is 1.63. The molecule has 4 rings (SSSR count). The molecule has 0 radical (unpaired) electrons. The van der Waals surface area contributed by atoms with Crippen LogP contribution in [0.5, 0.6) is 0 Å². The number of hydrogen-bond acceptors (Lipinski definition) is 5. The molecule has 0 spiro atoms. The molecule has 0 saturated heterocycles. The van der Waals surface area contributed by atoms with E-state index in [0.29, 0.717) is 29.9 Å². The number of aryl methyl sites for hydroxylation is 2. The number of H-pyrrole nitrogens is 1. The van der Waals surface area contributed by atoms with Crippen LogP contribution in [0, 0.1) is 12.7 Å². The molecular formula is C23H25FN6O. The minimum atomic E-state index is -0.424. The Morgan fingerprint density at radius 1 is 1.23 bits per heavy atom. The van der Waals surface area contributed by atoms with Crippen LogP contribution in [0.25, 0.3) is 10.9 Å². The van der Waals surface area contributed by atoms with Crippen LogP contribution in [0.1, 0.15) is 17.7 Å². The van der Waals surface area contributed by atoms with Crippen LogP contribution in [0.2, 0.25) is 0 Å². The molecule has 1 atom stereocenters. The van der Waals surface area contributed by atoms with E-state index in [9.17, 15) is 9.18 Å². The van der Waals surface area contributed by atoms with Gasteiger partial charge in [0.1, 0.15) is 6.17 Å². The van der Waals surface area contributed by atoms with Crippen LogP contribution in [0.15, 0.2) is 59.7 Å². The molecule has 2 heterocycles. The van der Waals surface area contributed by atoms with Crippen molar-refractivity contribution in [1.82, 2.24) is 15.6 Å². The molecule has 1 aliphatic heterocycles. The largest absolute Gasteiger partial charge is 0.359 e. The van der Waals surface area contributed by atoms with Crippen molar-refractivity contribution in [1.29, 1.82) is 0 Å². The first-order valence-electron chi connectivity index (χ1n) is 10.1. The maximum absolute atomic E-state index is 14.9. The first kappa shape index (κ1) is 20.5. The molecule has 31 heavy (non-hydrogen) atoms. The SMILES string of the molecule is CNC(=O)CCc1cccc(NC2=NC(Nc3ccc4[nH]c(C)cc4c3F)C=CN2)c1. The summed E-state index contributed by atoms with van der Waals surface area (Å²) in [5, 5.41) is 12.6. The fraction of sp³-hybridized carbons (Fsp3) is 0.217. The van der Waals surface area contributed by atoms with Gasteiger partial charge in [-0.05, 0) is 55.3 Å². The minimum absolute atomic E-state index is 0.0101. The average molecular weight is 420 g/mol. The molecule has 160 valence electrons. The molecule has 1 aromatic heterocycles. The van der Waals surface area contributed by atoms with Gasteiger partial charge in [-0.2, -0.15) is 0 Å². The summed E-state index contributed by atoms with van der Waals surface area (Å²) in [6.07, 6.45) is 4.24. The third-order valence-electron chi connectivity index (χ3n) is 5.05. The number of nitrogens with zero attached hydrogens (tertiary/aromatic N) is 1. The van der Waals surface area contributed by atoms with Crippen LogP contribution in [0.4, 0.5) is 15.8 Å². The van der Waals surface area contributed by atoms with Crippen LogP contribution in [0.3, 0.4) is 0 Å². The Bertz CT molecular complexity index is 1170. The number of halogens is 1. The van der Waals surface area contributed by atoms with Crippen molar-refractivity contribution in [3.63, 3.8) is 0 Å². The van der Waals surface area contributed by atoms with E-state index < -0.39 is 6.17 Å². The molecule has 0 aliphatic carbocycles. The zero-order chi connectivity index (χ0) is 21.8. The number of hydrogen-bond donors (Lipinski definition) is 5. The fourth-order valence-electron chi connectivity index (χ4n) is 3.49. The van der Waals surface area contributed by atoms with Gasteiger partial charge >= 0.3 is 0 Å². The number of aromatic nitrogens is 1. The van der Waals surface area contributed by atoms with Gasteiger partial charge in [0.25, 0.3) is 0 Å². The van der Waals surface area contributed by atoms with Gasteiger partial charge in [0, 0.05) is 42.0 Å². The number of anilines is 2. The van der Waals surface area contributed by atoms with Gasteiger partial charge in [-0.15, -0.1) is 0 Å². The molecule has 1 amide bonds. The highest BCUT2D eigenvalue weighted by atomic mass is 19.1. The lowest BCUT2D eigenvalue weighted by molar-refractivity contribution is -0.120. The first-order valence-corrected chi connectivity index (χ1v) is 10.1. The number of carbonyl (C=O) groups excluding carboxylic acids is 1. The second-order valence-electron chi connectivity index (χ2n) is 7.41. The molecule has 0 fully saturated rings. The van der Waals surface area contributed by atoms with Crippen molar-refractivity contribution < 1.29 is 9.18 Å². The number of carbonyl (C=O) groups is 1. The predicted octanol–water partition coefficient (Wildman–Crippen LogP) is 3.62. The van der Waals surface area contributed by atoms with Crippen LogP contribution >= 0.6 is 0 Å². The Morgan fingerprint density at radius 3 is 2.94 bits per heavy atom. The van der Waals surface area contributed by atoms with Crippen molar-refractivity contribution in [2.75, 3.05) is 17.7 Å². The third kappa shape index (κ3) is 4.85. The lowest BCUT2D eigenvalue weighted by atomic mass is 10.1.